The minimum Gasteiger partial charge on any atom is -0.400 e. The quantitative estimate of drug-likeness (QED) is 0.0748. The van der Waals surface area contributed by atoms with Gasteiger partial charge in [0, 0.05) is 19.8 Å². The monoisotopic (exact) mass is 612 g/mol. The van der Waals surface area contributed by atoms with Gasteiger partial charge in [-0.1, -0.05) is 130 Å². The molecule has 240 valence electrons. The highest BCUT2D eigenvalue weighted by Crippen LogP contribution is 2.15. The minimum absolute atomic E-state index is 0.554. The maximum absolute atomic E-state index is 5.93. The highest BCUT2D eigenvalue weighted by atomic mass is 16.9. The fraction of sp³-hybridized carbons (Fsp3) is 0.500. The third kappa shape index (κ3) is 16.1. The summed E-state index contributed by atoms with van der Waals surface area (Å²) in [5, 5.41) is 0. The summed E-state index contributed by atoms with van der Waals surface area (Å²) >= 11 is 0. The number of rotatable bonds is 24. The molecule has 0 radical (unpaired) electrons. The van der Waals surface area contributed by atoms with E-state index in [9.17, 15) is 0 Å². The van der Waals surface area contributed by atoms with E-state index in [1.54, 1.807) is 0 Å². The van der Waals surface area contributed by atoms with Crippen molar-refractivity contribution in [3.05, 3.63) is 108 Å². The van der Waals surface area contributed by atoms with E-state index < -0.39 is 22.0 Å². The summed E-state index contributed by atoms with van der Waals surface area (Å²) in [4.78, 5) is 0. The molecule has 0 amide bonds. The van der Waals surface area contributed by atoms with Crippen LogP contribution in [0.4, 0.5) is 0 Å². The van der Waals surface area contributed by atoms with Gasteiger partial charge in [-0.3, -0.25) is 0 Å². The molecule has 3 aromatic carbocycles. The summed E-state index contributed by atoms with van der Waals surface area (Å²) in [7, 11) is -2.60. The lowest BCUT2D eigenvalue weighted by molar-refractivity contribution is 0.0647. The lowest BCUT2D eigenvalue weighted by Gasteiger charge is -2.28. The summed E-state index contributed by atoms with van der Waals surface area (Å²) in [5.41, 5.74) is 4.19. The molecule has 0 aromatic heterocycles. The largest absolute Gasteiger partial charge is 0.615 e. The third-order valence-corrected chi connectivity index (χ3v) is 8.04. The van der Waals surface area contributed by atoms with Crippen molar-refractivity contribution in [3.8, 4) is 0 Å². The molecule has 1 aliphatic heterocycles. The van der Waals surface area contributed by atoms with E-state index in [2.05, 4.69) is 91.0 Å². The molecule has 0 spiro atoms. The maximum atomic E-state index is 5.93. The summed E-state index contributed by atoms with van der Waals surface area (Å²) in [6.45, 7) is 1.66. The van der Waals surface area contributed by atoms with Gasteiger partial charge < -0.3 is 27.7 Å². The van der Waals surface area contributed by atoms with Gasteiger partial charge in [0.1, 0.15) is 0 Å². The topological polar surface area (TPSA) is 55.4 Å². The number of aryl methyl sites for hydroxylation is 3. The van der Waals surface area contributed by atoms with Crippen LogP contribution in [-0.4, -0.2) is 41.8 Å². The van der Waals surface area contributed by atoms with Gasteiger partial charge in [0.2, 0.25) is 0 Å². The van der Waals surface area contributed by atoms with E-state index in [0.29, 0.717) is 19.8 Å². The van der Waals surface area contributed by atoms with Gasteiger partial charge in [-0.15, -0.1) is 0 Å². The molecule has 1 saturated heterocycles. The van der Waals surface area contributed by atoms with Gasteiger partial charge in [0.25, 0.3) is 0 Å². The standard InChI is InChI=1S/C36H51B3O6/c1(10-22-34-25-13-7-14-26-34)4-19-31-40-37-43-38(41-32-20-5-2-11-23-35-27-15-8-16-28-35)45-39(44-37)42-33-21-6-3-12-24-36-29-17-9-18-30-36/h7-9,13-18,25-30H,1-6,10-12,19-24,31-33H2. The Balaban J connectivity index is 1.08. The van der Waals surface area contributed by atoms with Gasteiger partial charge in [-0.25, -0.2) is 0 Å². The Kier molecular flexibility index (Phi) is 18.1. The fourth-order valence-corrected chi connectivity index (χ4v) is 5.43. The average Bonchev–Trinajstić information content (AvgIpc) is 3.08. The average molecular weight is 612 g/mol. The van der Waals surface area contributed by atoms with Crippen LogP contribution in [0.25, 0.3) is 0 Å². The van der Waals surface area contributed by atoms with Crippen LogP contribution >= 0.6 is 0 Å². The van der Waals surface area contributed by atoms with Crippen molar-refractivity contribution in [1.29, 1.82) is 0 Å². The van der Waals surface area contributed by atoms with Crippen LogP contribution in [0.1, 0.15) is 93.7 Å². The molecule has 1 heterocycles. The Morgan fingerprint density at radius 2 is 0.600 bits per heavy atom. The van der Waals surface area contributed by atoms with Gasteiger partial charge in [-0.05, 0) is 74.5 Å². The second-order valence-corrected chi connectivity index (χ2v) is 11.8. The first-order valence-electron chi connectivity index (χ1n) is 17.3. The first kappa shape index (κ1) is 35.5. The van der Waals surface area contributed by atoms with Crippen molar-refractivity contribution in [3.63, 3.8) is 0 Å². The minimum atomic E-state index is -0.866. The summed E-state index contributed by atoms with van der Waals surface area (Å²) in [6.07, 6.45) is 16.5. The molecular weight excluding hydrogens is 561 g/mol. The molecule has 9 heteroatoms. The Hall–Kier alpha value is -2.39. The zero-order chi connectivity index (χ0) is 31.0. The molecule has 6 nitrogen and oxygen atoms in total. The Morgan fingerprint density at radius 3 is 0.889 bits per heavy atom. The molecule has 3 aromatic rings. The highest BCUT2D eigenvalue weighted by molar-refractivity contribution is 6.66. The number of hydrogen-bond donors (Lipinski definition) is 0. The van der Waals surface area contributed by atoms with Crippen molar-refractivity contribution in [1.82, 2.24) is 0 Å². The number of benzene rings is 3. The van der Waals surface area contributed by atoms with E-state index >= 15 is 0 Å². The summed E-state index contributed by atoms with van der Waals surface area (Å²) in [5.74, 6) is 0. The predicted molar refractivity (Wildman–Crippen MR) is 184 cm³/mol. The molecule has 45 heavy (non-hydrogen) atoms. The molecule has 0 bridgehead atoms. The van der Waals surface area contributed by atoms with Crippen LogP contribution in [-0.2, 0) is 46.9 Å². The molecule has 1 fully saturated rings. The van der Waals surface area contributed by atoms with E-state index in [-0.39, 0.29) is 0 Å². The first-order valence-corrected chi connectivity index (χ1v) is 17.3. The second-order valence-electron chi connectivity index (χ2n) is 11.8. The molecule has 1 aliphatic rings. The normalized spacial score (nSPS) is 13.5. The zero-order valence-corrected chi connectivity index (χ0v) is 27.1. The van der Waals surface area contributed by atoms with Gasteiger partial charge in [0.15, 0.2) is 0 Å². The lowest BCUT2D eigenvalue weighted by atomic mass is 9.96. The molecule has 0 N–H and O–H groups in total. The molecule has 4 rings (SSSR count). The molecule has 0 aliphatic carbocycles. The Bertz CT molecular complexity index is 964. The Morgan fingerprint density at radius 1 is 0.333 bits per heavy atom. The van der Waals surface area contributed by atoms with Crippen molar-refractivity contribution < 1.29 is 27.7 Å². The predicted octanol–water partition coefficient (Wildman–Crippen LogP) is 8.46. The van der Waals surface area contributed by atoms with Gasteiger partial charge in [0.05, 0.1) is 0 Å². The van der Waals surface area contributed by atoms with Crippen LogP contribution in [0.5, 0.6) is 0 Å². The van der Waals surface area contributed by atoms with Crippen molar-refractivity contribution >= 4 is 22.0 Å². The lowest BCUT2D eigenvalue weighted by Crippen LogP contribution is -2.53. The first-order chi connectivity index (χ1) is 22.3. The third-order valence-electron chi connectivity index (χ3n) is 8.04. The SMILES string of the molecule is c1ccc(CCCCCCOB2OB(OCCCCCCc3ccccc3)OB(OCCCCCCc3ccccc3)O2)cc1. The number of hydrogen-bond acceptors (Lipinski definition) is 6. The van der Waals surface area contributed by atoms with Crippen LogP contribution in [0, 0.1) is 0 Å². The van der Waals surface area contributed by atoms with E-state index in [1.165, 1.54) is 55.2 Å². The van der Waals surface area contributed by atoms with Crippen LogP contribution in [0.3, 0.4) is 0 Å². The van der Waals surface area contributed by atoms with E-state index in [1.807, 2.05) is 0 Å². The summed E-state index contributed by atoms with van der Waals surface area (Å²) in [6, 6.07) is 32.0. The van der Waals surface area contributed by atoms with E-state index in [4.69, 9.17) is 27.7 Å². The van der Waals surface area contributed by atoms with Crippen molar-refractivity contribution in [2.75, 3.05) is 19.8 Å². The highest BCUT2D eigenvalue weighted by Gasteiger charge is 2.46. The van der Waals surface area contributed by atoms with Gasteiger partial charge in [-0.2, -0.15) is 0 Å². The van der Waals surface area contributed by atoms with Crippen LogP contribution in [0.15, 0.2) is 91.0 Å². The van der Waals surface area contributed by atoms with Crippen molar-refractivity contribution in [2.24, 2.45) is 0 Å². The number of unbranched alkanes of at least 4 members (excludes halogenated alkanes) is 9. The smallest absolute Gasteiger partial charge is 0.400 e. The summed E-state index contributed by atoms with van der Waals surface area (Å²) < 4.78 is 35.2. The van der Waals surface area contributed by atoms with Crippen LogP contribution < -0.4 is 0 Å². The molecule has 0 saturated carbocycles. The molecular formula is C36H51B3O6. The van der Waals surface area contributed by atoms with Crippen LogP contribution in [0.2, 0.25) is 0 Å². The maximum Gasteiger partial charge on any atom is 0.615 e. The Labute approximate surface area is 273 Å². The van der Waals surface area contributed by atoms with Crippen molar-refractivity contribution in [2.45, 2.75) is 96.3 Å². The molecule has 0 atom stereocenters. The fourth-order valence-electron chi connectivity index (χ4n) is 5.43. The zero-order valence-electron chi connectivity index (χ0n) is 27.1. The second kappa shape index (κ2) is 23.0. The van der Waals surface area contributed by atoms with E-state index in [0.717, 1.165) is 57.8 Å². The molecule has 0 unspecified atom stereocenters. The van der Waals surface area contributed by atoms with Gasteiger partial charge >= 0.3 is 22.0 Å².